The first kappa shape index (κ1) is 17.7. The Labute approximate surface area is 150 Å². The predicted molar refractivity (Wildman–Crippen MR) is 99.5 cm³/mol. The van der Waals surface area contributed by atoms with Gasteiger partial charge in [0, 0.05) is 49.6 Å². The molecule has 0 spiro atoms. The summed E-state index contributed by atoms with van der Waals surface area (Å²) in [6.45, 7) is 10.1. The van der Waals surface area contributed by atoms with Gasteiger partial charge in [-0.05, 0) is 44.5 Å². The van der Waals surface area contributed by atoms with Crippen LogP contribution in [0.25, 0.3) is 0 Å². The SMILES string of the molecule is CCN(Cc1ccc(C(=O)N2CCC(c3ncc[nH]3)C2)cc1)C(C)C. The molecule has 1 aromatic heterocycles. The minimum absolute atomic E-state index is 0.122. The van der Waals surface area contributed by atoms with E-state index in [4.69, 9.17) is 0 Å². The topological polar surface area (TPSA) is 52.2 Å². The molecule has 1 atom stereocenters. The third-order valence-electron chi connectivity index (χ3n) is 5.10. The maximum absolute atomic E-state index is 12.7. The third kappa shape index (κ3) is 4.10. The van der Waals surface area contributed by atoms with Crippen molar-refractivity contribution in [2.24, 2.45) is 0 Å². The summed E-state index contributed by atoms with van der Waals surface area (Å²) < 4.78 is 0. The monoisotopic (exact) mass is 340 g/mol. The van der Waals surface area contributed by atoms with Crippen LogP contribution in [-0.2, 0) is 6.54 Å². The Balaban J connectivity index is 1.61. The molecular weight excluding hydrogens is 312 g/mol. The van der Waals surface area contributed by atoms with E-state index in [1.54, 1.807) is 6.20 Å². The van der Waals surface area contributed by atoms with E-state index in [-0.39, 0.29) is 5.91 Å². The van der Waals surface area contributed by atoms with Crippen molar-refractivity contribution in [2.75, 3.05) is 19.6 Å². The highest BCUT2D eigenvalue weighted by Gasteiger charge is 2.29. The van der Waals surface area contributed by atoms with Gasteiger partial charge in [0.15, 0.2) is 0 Å². The number of H-pyrrole nitrogens is 1. The Hall–Kier alpha value is -2.14. The number of nitrogens with one attached hydrogen (secondary N) is 1. The fraction of sp³-hybridized carbons (Fsp3) is 0.500. The van der Waals surface area contributed by atoms with Crippen LogP contribution in [0, 0.1) is 0 Å². The number of rotatable bonds is 6. The zero-order chi connectivity index (χ0) is 17.8. The van der Waals surface area contributed by atoms with Crippen molar-refractivity contribution in [3.8, 4) is 0 Å². The minimum atomic E-state index is 0.122. The van der Waals surface area contributed by atoms with Gasteiger partial charge >= 0.3 is 0 Å². The van der Waals surface area contributed by atoms with E-state index in [0.29, 0.717) is 12.0 Å². The van der Waals surface area contributed by atoms with Gasteiger partial charge in [-0.2, -0.15) is 0 Å². The van der Waals surface area contributed by atoms with Gasteiger partial charge in [-0.3, -0.25) is 9.69 Å². The zero-order valence-corrected chi connectivity index (χ0v) is 15.4. The van der Waals surface area contributed by atoms with Crippen LogP contribution < -0.4 is 0 Å². The zero-order valence-electron chi connectivity index (χ0n) is 15.4. The summed E-state index contributed by atoms with van der Waals surface area (Å²) in [5, 5.41) is 0. The van der Waals surface area contributed by atoms with Crippen molar-refractivity contribution in [3.63, 3.8) is 0 Å². The lowest BCUT2D eigenvalue weighted by Gasteiger charge is -2.24. The second-order valence-electron chi connectivity index (χ2n) is 7.06. The number of likely N-dealkylation sites (tertiary alicyclic amines) is 1. The van der Waals surface area contributed by atoms with Gasteiger partial charge in [0.25, 0.3) is 5.91 Å². The minimum Gasteiger partial charge on any atom is -0.348 e. The van der Waals surface area contributed by atoms with Gasteiger partial charge in [0.2, 0.25) is 0 Å². The molecule has 1 aliphatic heterocycles. The highest BCUT2D eigenvalue weighted by Crippen LogP contribution is 2.25. The van der Waals surface area contributed by atoms with E-state index >= 15 is 0 Å². The molecule has 0 aliphatic carbocycles. The fourth-order valence-corrected chi connectivity index (χ4v) is 3.50. The van der Waals surface area contributed by atoms with Crippen LogP contribution in [0.1, 0.15) is 54.9 Å². The Morgan fingerprint density at radius 3 is 2.72 bits per heavy atom. The maximum Gasteiger partial charge on any atom is 0.253 e. The Morgan fingerprint density at radius 1 is 1.36 bits per heavy atom. The number of imidazole rings is 1. The largest absolute Gasteiger partial charge is 0.348 e. The Bertz CT molecular complexity index is 678. The van der Waals surface area contributed by atoms with Crippen molar-refractivity contribution in [3.05, 3.63) is 53.6 Å². The van der Waals surface area contributed by atoms with Crippen LogP contribution in [0.15, 0.2) is 36.7 Å². The number of carbonyl (C=O) groups is 1. The summed E-state index contributed by atoms with van der Waals surface area (Å²) in [5.41, 5.74) is 2.03. The number of benzene rings is 1. The second-order valence-corrected chi connectivity index (χ2v) is 7.06. The highest BCUT2D eigenvalue weighted by molar-refractivity contribution is 5.94. The average molecular weight is 340 g/mol. The summed E-state index contributed by atoms with van der Waals surface area (Å²) in [6, 6.07) is 8.61. The number of carbonyl (C=O) groups excluding carboxylic acids is 1. The van der Waals surface area contributed by atoms with Crippen LogP contribution in [0.2, 0.25) is 0 Å². The summed E-state index contributed by atoms with van der Waals surface area (Å²) >= 11 is 0. The lowest BCUT2D eigenvalue weighted by atomic mass is 10.1. The lowest BCUT2D eigenvalue weighted by Crippen LogP contribution is -2.30. The summed E-state index contributed by atoms with van der Waals surface area (Å²) in [6.07, 6.45) is 4.59. The molecule has 2 heterocycles. The van der Waals surface area contributed by atoms with Crippen molar-refractivity contribution < 1.29 is 4.79 Å². The van der Waals surface area contributed by atoms with Crippen LogP contribution in [-0.4, -0.2) is 51.4 Å². The number of aromatic amines is 1. The van der Waals surface area contributed by atoms with E-state index in [1.807, 2.05) is 23.2 Å². The molecule has 25 heavy (non-hydrogen) atoms. The number of amides is 1. The molecule has 1 saturated heterocycles. The van der Waals surface area contributed by atoms with Gasteiger partial charge in [-0.15, -0.1) is 0 Å². The van der Waals surface area contributed by atoms with Crippen molar-refractivity contribution >= 4 is 5.91 Å². The first-order valence-electron chi connectivity index (χ1n) is 9.20. The third-order valence-corrected chi connectivity index (χ3v) is 5.10. The first-order chi connectivity index (χ1) is 12.1. The standard InChI is InChI=1S/C20H28N4O/c1-4-23(15(2)3)13-16-5-7-17(8-6-16)20(25)24-12-9-18(14-24)19-21-10-11-22-19/h5-8,10-11,15,18H,4,9,12-14H2,1-3H3,(H,21,22). The molecule has 0 saturated carbocycles. The number of aromatic nitrogens is 2. The molecule has 5 nitrogen and oxygen atoms in total. The van der Waals surface area contributed by atoms with E-state index in [9.17, 15) is 4.79 Å². The van der Waals surface area contributed by atoms with Crippen LogP contribution >= 0.6 is 0 Å². The molecule has 2 aromatic rings. The number of hydrogen-bond acceptors (Lipinski definition) is 3. The van der Waals surface area contributed by atoms with Gasteiger partial charge in [-0.25, -0.2) is 4.98 Å². The van der Waals surface area contributed by atoms with E-state index in [2.05, 4.69) is 47.8 Å². The molecular formula is C20H28N4O. The van der Waals surface area contributed by atoms with Crippen molar-refractivity contribution in [1.29, 1.82) is 0 Å². The first-order valence-corrected chi connectivity index (χ1v) is 9.20. The van der Waals surface area contributed by atoms with E-state index in [0.717, 1.165) is 44.0 Å². The quantitative estimate of drug-likeness (QED) is 0.878. The summed E-state index contributed by atoms with van der Waals surface area (Å²) in [7, 11) is 0. The molecule has 1 aromatic carbocycles. The van der Waals surface area contributed by atoms with Crippen LogP contribution in [0.5, 0.6) is 0 Å². The van der Waals surface area contributed by atoms with Gasteiger partial charge in [-0.1, -0.05) is 19.1 Å². The number of nitrogens with zero attached hydrogens (tertiary/aromatic N) is 3. The van der Waals surface area contributed by atoms with E-state index in [1.165, 1.54) is 5.56 Å². The maximum atomic E-state index is 12.7. The normalized spacial score (nSPS) is 17.6. The predicted octanol–water partition coefficient (Wildman–Crippen LogP) is 3.27. The number of hydrogen-bond donors (Lipinski definition) is 1. The second kappa shape index (κ2) is 7.83. The smallest absolute Gasteiger partial charge is 0.253 e. The molecule has 1 unspecified atom stereocenters. The van der Waals surface area contributed by atoms with E-state index < -0.39 is 0 Å². The molecule has 1 amide bonds. The molecule has 1 aliphatic rings. The Morgan fingerprint density at radius 2 is 2.12 bits per heavy atom. The molecule has 0 bridgehead atoms. The molecule has 134 valence electrons. The van der Waals surface area contributed by atoms with Gasteiger partial charge in [0.1, 0.15) is 5.82 Å². The Kier molecular flexibility index (Phi) is 5.53. The fourth-order valence-electron chi connectivity index (χ4n) is 3.50. The van der Waals surface area contributed by atoms with Crippen molar-refractivity contribution in [1.82, 2.24) is 19.8 Å². The van der Waals surface area contributed by atoms with Crippen LogP contribution in [0.3, 0.4) is 0 Å². The highest BCUT2D eigenvalue weighted by atomic mass is 16.2. The van der Waals surface area contributed by atoms with Gasteiger partial charge < -0.3 is 9.88 Å². The molecule has 1 N–H and O–H groups in total. The molecule has 5 heteroatoms. The molecule has 0 radical (unpaired) electrons. The summed E-state index contributed by atoms with van der Waals surface area (Å²) in [4.78, 5) is 24.6. The summed E-state index contributed by atoms with van der Waals surface area (Å²) in [5.74, 6) is 1.43. The van der Waals surface area contributed by atoms with Gasteiger partial charge in [0.05, 0.1) is 0 Å². The molecule has 3 rings (SSSR count). The van der Waals surface area contributed by atoms with Crippen LogP contribution in [0.4, 0.5) is 0 Å². The lowest BCUT2D eigenvalue weighted by molar-refractivity contribution is 0.0790. The molecule has 1 fully saturated rings. The average Bonchev–Trinajstić information content (AvgIpc) is 3.30. The van der Waals surface area contributed by atoms with Crippen molar-refractivity contribution in [2.45, 2.75) is 45.7 Å².